The average Bonchev–Trinajstić information content (AvgIpc) is 2.25. The van der Waals surface area contributed by atoms with E-state index >= 15 is 0 Å². The van der Waals surface area contributed by atoms with Gasteiger partial charge in [-0.05, 0) is 26.7 Å². The fraction of sp³-hybridized carbons (Fsp3) is 0.909. The quantitative estimate of drug-likeness (QED) is 0.712. The highest BCUT2D eigenvalue weighted by Crippen LogP contribution is 2.12. The SMILES string of the molecule is CC(C)NC(=O)CNC1CCN(S(C)(=O)=O)CC1. The number of nitrogens with one attached hydrogen (secondary N) is 2. The first-order valence-electron chi connectivity index (χ1n) is 6.27. The maximum Gasteiger partial charge on any atom is 0.234 e. The van der Waals surface area contributed by atoms with Crippen LogP contribution in [-0.4, -0.2) is 56.6 Å². The van der Waals surface area contributed by atoms with Crippen LogP contribution in [-0.2, 0) is 14.8 Å². The Morgan fingerprint density at radius 2 is 1.89 bits per heavy atom. The lowest BCUT2D eigenvalue weighted by Gasteiger charge is -2.30. The standard InChI is InChI=1S/C11H23N3O3S/c1-9(2)13-11(15)8-12-10-4-6-14(7-5-10)18(3,16)17/h9-10,12H,4-8H2,1-3H3,(H,13,15). The van der Waals surface area contributed by atoms with Crippen molar-refractivity contribution < 1.29 is 13.2 Å². The zero-order valence-electron chi connectivity index (χ0n) is 11.3. The van der Waals surface area contributed by atoms with Crippen LogP contribution in [0.1, 0.15) is 26.7 Å². The van der Waals surface area contributed by atoms with E-state index in [1.165, 1.54) is 10.6 Å². The van der Waals surface area contributed by atoms with E-state index in [0.29, 0.717) is 19.6 Å². The van der Waals surface area contributed by atoms with Crippen LogP contribution in [0.4, 0.5) is 0 Å². The molecule has 7 heteroatoms. The van der Waals surface area contributed by atoms with Crippen LogP contribution < -0.4 is 10.6 Å². The van der Waals surface area contributed by atoms with Gasteiger partial charge < -0.3 is 10.6 Å². The van der Waals surface area contributed by atoms with E-state index in [4.69, 9.17) is 0 Å². The zero-order valence-corrected chi connectivity index (χ0v) is 12.1. The van der Waals surface area contributed by atoms with Gasteiger partial charge in [-0.2, -0.15) is 0 Å². The highest BCUT2D eigenvalue weighted by atomic mass is 32.2. The van der Waals surface area contributed by atoms with Crippen LogP contribution in [0.15, 0.2) is 0 Å². The van der Waals surface area contributed by atoms with Gasteiger partial charge in [0, 0.05) is 25.2 Å². The lowest BCUT2D eigenvalue weighted by Crippen LogP contribution is -2.47. The first kappa shape index (κ1) is 15.4. The van der Waals surface area contributed by atoms with Gasteiger partial charge in [0.2, 0.25) is 15.9 Å². The normalized spacial score (nSPS) is 19.1. The number of carbonyl (C=O) groups is 1. The Balaban J connectivity index is 2.26. The topological polar surface area (TPSA) is 78.5 Å². The fourth-order valence-corrected chi connectivity index (χ4v) is 2.88. The first-order chi connectivity index (χ1) is 8.29. The highest BCUT2D eigenvalue weighted by molar-refractivity contribution is 7.88. The maximum atomic E-state index is 11.4. The molecule has 0 aromatic heterocycles. The van der Waals surface area contributed by atoms with Crippen LogP contribution >= 0.6 is 0 Å². The van der Waals surface area contributed by atoms with E-state index in [2.05, 4.69) is 10.6 Å². The van der Waals surface area contributed by atoms with E-state index in [0.717, 1.165) is 12.8 Å². The van der Waals surface area contributed by atoms with Crippen molar-refractivity contribution in [3.63, 3.8) is 0 Å². The molecule has 18 heavy (non-hydrogen) atoms. The second-order valence-electron chi connectivity index (χ2n) is 5.04. The van der Waals surface area contributed by atoms with Gasteiger partial charge in [0.1, 0.15) is 0 Å². The highest BCUT2D eigenvalue weighted by Gasteiger charge is 2.24. The van der Waals surface area contributed by atoms with Crippen molar-refractivity contribution >= 4 is 15.9 Å². The molecule has 0 aromatic carbocycles. The summed E-state index contributed by atoms with van der Waals surface area (Å²) in [7, 11) is -3.07. The molecule has 0 spiro atoms. The summed E-state index contributed by atoms with van der Waals surface area (Å²) < 4.78 is 24.1. The van der Waals surface area contributed by atoms with E-state index < -0.39 is 10.0 Å². The number of rotatable bonds is 5. The van der Waals surface area contributed by atoms with Gasteiger partial charge in [0.05, 0.1) is 12.8 Å². The molecule has 0 aromatic rings. The minimum Gasteiger partial charge on any atom is -0.353 e. The summed E-state index contributed by atoms with van der Waals surface area (Å²) in [5, 5.41) is 5.97. The van der Waals surface area contributed by atoms with Crippen molar-refractivity contribution in [1.82, 2.24) is 14.9 Å². The van der Waals surface area contributed by atoms with Crippen LogP contribution in [0.5, 0.6) is 0 Å². The molecule has 1 aliphatic heterocycles. The van der Waals surface area contributed by atoms with Gasteiger partial charge in [0.15, 0.2) is 0 Å². The molecule has 0 atom stereocenters. The second kappa shape index (κ2) is 6.49. The first-order valence-corrected chi connectivity index (χ1v) is 8.11. The smallest absolute Gasteiger partial charge is 0.234 e. The maximum absolute atomic E-state index is 11.4. The summed E-state index contributed by atoms with van der Waals surface area (Å²) in [6, 6.07) is 0.368. The summed E-state index contributed by atoms with van der Waals surface area (Å²) >= 11 is 0. The summed E-state index contributed by atoms with van der Waals surface area (Å²) in [6.07, 6.45) is 2.74. The van der Waals surface area contributed by atoms with Gasteiger partial charge in [-0.1, -0.05) is 0 Å². The minimum atomic E-state index is -3.07. The molecule has 2 N–H and O–H groups in total. The molecule has 0 saturated carbocycles. The van der Waals surface area contributed by atoms with Crippen molar-refractivity contribution in [2.24, 2.45) is 0 Å². The van der Waals surface area contributed by atoms with Crippen LogP contribution in [0.25, 0.3) is 0 Å². The Morgan fingerprint density at radius 3 is 2.33 bits per heavy atom. The number of amides is 1. The Bertz CT molecular complexity index is 373. The largest absolute Gasteiger partial charge is 0.353 e. The molecular weight excluding hydrogens is 254 g/mol. The lowest BCUT2D eigenvalue weighted by atomic mass is 10.1. The monoisotopic (exact) mass is 277 g/mol. The van der Waals surface area contributed by atoms with Crippen molar-refractivity contribution in [1.29, 1.82) is 0 Å². The van der Waals surface area contributed by atoms with Crippen LogP contribution in [0, 0.1) is 0 Å². The van der Waals surface area contributed by atoms with E-state index in [9.17, 15) is 13.2 Å². The third kappa shape index (κ3) is 5.32. The van der Waals surface area contributed by atoms with Crippen molar-refractivity contribution in [3.8, 4) is 0 Å². The van der Waals surface area contributed by atoms with Gasteiger partial charge in [-0.25, -0.2) is 12.7 Å². The molecule has 1 aliphatic rings. The minimum absolute atomic E-state index is 0.0180. The van der Waals surface area contributed by atoms with Gasteiger partial charge in [-0.3, -0.25) is 4.79 Å². The molecular formula is C11H23N3O3S. The number of piperidine rings is 1. The zero-order chi connectivity index (χ0) is 13.8. The summed E-state index contributed by atoms with van der Waals surface area (Å²) in [5.41, 5.74) is 0. The molecule has 1 amide bonds. The van der Waals surface area contributed by atoms with Crippen molar-refractivity contribution in [3.05, 3.63) is 0 Å². The summed E-state index contributed by atoms with van der Waals surface area (Å²) in [4.78, 5) is 11.4. The van der Waals surface area contributed by atoms with E-state index in [1.807, 2.05) is 13.8 Å². The molecule has 1 heterocycles. The number of hydrogen-bond acceptors (Lipinski definition) is 4. The molecule has 106 valence electrons. The molecule has 0 aliphatic carbocycles. The summed E-state index contributed by atoms with van der Waals surface area (Å²) in [5.74, 6) is -0.0180. The van der Waals surface area contributed by atoms with E-state index in [-0.39, 0.29) is 18.0 Å². The van der Waals surface area contributed by atoms with E-state index in [1.54, 1.807) is 0 Å². The molecule has 6 nitrogen and oxygen atoms in total. The molecule has 0 radical (unpaired) electrons. The van der Waals surface area contributed by atoms with Crippen LogP contribution in [0.2, 0.25) is 0 Å². The number of nitrogens with zero attached hydrogens (tertiary/aromatic N) is 1. The Labute approximate surface area is 109 Å². The van der Waals surface area contributed by atoms with Gasteiger partial charge in [-0.15, -0.1) is 0 Å². The molecule has 1 fully saturated rings. The van der Waals surface area contributed by atoms with Crippen LogP contribution in [0.3, 0.4) is 0 Å². The van der Waals surface area contributed by atoms with Gasteiger partial charge in [0.25, 0.3) is 0 Å². The predicted octanol–water partition coefficient (Wildman–Crippen LogP) is -0.475. The lowest BCUT2D eigenvalue weighted by molar-refractivity contribution is -0.120. The average molecular weight is 277 g/mol. The summed E-state index contributed by atoms with van der Waals surface area (Å²) in [6.45, 7) is 5.19. The third-order valence-corrected chi connectivity index (χ3v) is 4.23. The Hall–Kier alpha value is -0.660. The molecule has 0 unspecified atom stereocenters. The third-order valence-electron chi connectivity index (χ3n) is 2.92. The Morgan fingerprint density at radius 1 is 1.33 bits per heavy atom. The van der Waals surface area contributed by atoms with Crippen molar-refractivity contribution in [2.75, 3.05) is 25.9 Å². The predicted molar refractivity (Wildman–Crippen MR) is 70.7 cm³/mol. The number of carbonyl (C=O) groups excluding carboxylic acids is 1. The van der Waals surface area contributed by atoms with Gasteiger partial charge >= 0.3 is 0 Å². The molecule has 1 rings (SSSR count). The molecule has 0 bridgehead atoms. The second-order valence-corrected chi connectivity index (χ2v) is 7.02. The number of sulfonamides is 1. The molecule has 1 saturated heterocycles. The fourth-order valence-electron chi connectivity index (χ4n) is 2.00. The Kier molecular flexibility index (Phi) is 5.55. The van der Waals surface area contributed by atoms with Crippen molar-refractivity contribution in [2.45, 2.75) is 38.8 Å². The number of hydrogen-bond donors (Lipinski definition) is 2.